The normalized spacial score (nSPS) is 34.5. The molecule has 2 aliphatic rings. The zero-order valence-corrected chi connectivity index (χ0v) is 13.5. The molecule has 3 N–H and O–H groups in total. The Labute approximate surface area is 124 Å². The van der Waals surface area contributed by atoms with E-state index in [1.54, 1.807) is 0 Å². The Morgan fingerprint density at radius 1 is 1.15 bits per heavy atom. The van der Waals surface area contributed by atoms with Gasteiger partial charge in [0.25, 0.3) is 0 Å². The van der Waals surface area contributed by atoms with Crippen LogP contribution in [0.4, 0.5) is 0 Å². The lowest BCUT2D eigenvalue weighted by molar-refractivity contribution is 0.00130. The number of hydrogen-bond acceptors (Lipinski definition) is 3. The maximum absolute atomic E-state index is 10.5. The largest absolute Gasteiger partial charge is 0.388 e. The summed E-state index contributed by atoms with van der Waals surface area (Å²) in [4.78, 5) is 2.61. The smallest absolute Gasteiger partial charge is 0.0797 e. The van der Waals surface area contributed by atoms with E-state index < -0.39 is 5.60 Å². The molecule has 1 saturated heterocycles. The van der Waals surface area contributed by atoms with E-state index in [1.807, 2.05) is 0 Å². The third-order valence-electron chi connectivity index (χ3n) is 6.49. The van der Waals surface area contributed by atoms with Crippen molar-refractivity contribution in [2.75, 3.05) is 26.2 Å². The molecule has 0 aromatic heterocycles. The van der Waals surface area contributed by atoms with Crippen molar-refractivity contribution in [1.82, 2.24) is 4.90 Å². The van der Waals surface area contributed by atoms with Crippen molar-refractivity contribution in [3.63, 3.8) is 0 Å². The van der Waals surface area contributed by atoms with Crippen LogP contribution in [0.15, 0.2) is 0 Å². The van der Waals surface area contributed by atoms with Gasteiger partial charge in [-0.1, -0.05) is 33.1 Å². The first-order valence-corrected chi connectivity index (χ1v) is 8.72. The van der Waals surface area contributed by atoms with Gasteiger partial charge in [0.05, 0.1) is 5.60 Å². The number of rotatable bonds is 6. The molecule has 1 aliphatic heterocycles. The van der Waals surface area contributed by atoms with Gasteiger partial charge in [0.1, 0.15) is 0 Å². The molecule has 0 bridgehead atoms. The zero-order valence-electron chi connectivity index (χ0n) is 13.5. The van der Waals surface area contributed by atoms with Crippen LogP contribution in [0.25, 0.3) is 0 Å². The van der Waals surface area contributed by atoms with E-state index in [0.717, 1.165) is 32.2 Å². The van der Waals surface area contributed by atoms with E-state index in [0.29, 0.717) is 17.9 Å². The molecule has 1 saturated carbocycles. The van der Waals surface area contributed by atoms with E-state index in [2.05, 4.69) is 18.7 Å². The molecule has 0 aromatic rings. The lowest BCUT2D eigenvalue weighted by Crippen LogP contribution is -2.44. The Morgan fingerprint density at radius 2 is 1.80 bits per heavy atom. The standard InChI is InChI=1S/C17H34N2O/c1-3-16(4-2)9-12-19(13-10-16)11-7-15-6-5-8-17(15,20)14-18/h15,20H,3-14,18H2,1-2H3. The van der Waals surface area contributed by atoms with E-state index in [-0.39, 0.29) is 0 Å². The first-order chi connectivity index (χ1) is 9.57. The minimum atomic E-state index is -0.563. The van der Waals surface area contributed by atoms with E-state index in [1.165, 1.54) is 38.8 Å². The van der Waals surface area contributed by atoms with Crippen LogP contribution in [0, 0.1) is 11.3 Å². The summed E-state index contributed by atoms with van der Waals surface area (Å²) in [5.74, 6) is 0.427. The fourth-order valence-corrected chi connectivity index (χ4v) is 4.36. The SMILES string of the molecule is CCC1(CC)CCN(CCC2CCCC2(O)CN)CC1. The summed E-state index contributed by atoms with van der Waals surface area (Å²) >= 11 is 0. The highest BCUT2D eigenvalue weighted by molar-refractivity contribution is 4.93. The molecule has 3 nitrogen and oxygen atoms in total. The van der Waals surface area contributed by atoms with Gasteiger partial charge in [-0.25, -0.2) is 0 Å². The van der Waals surface area contributed by atoms with Gasteiger partial charge in [0, 0.05) is 6.54 Å². The summed E-state index contributed by atoms with van der Waals surface area (Å²) in [6.07, 6.45) is 9.70. The fraction of sp³-hybridized carbons (Fsp3) is 1.00. The Balaban J connectivity index is 1.76. The van der Waals surface area contributed by atoms with Gasteiger partial charge >= 0.3 is 0 Å². The molecule has 3 heteroatoms. The fourth-order valence-electron chi connectivity index (χ4n) is 4.36. The monoisotopic (exact) mass is 282 g/mol. The topological polar surface area (TPSA) is 49.5 Å². The maximum atomic E-state index is 10.5. The van der Waals surface area contributed by atoms with Crippen molar-refractivity contribution in [1.29, 1.82) is 0 Å². The van der Waals surface area contributed by atoms with Crippen LogP contribution < -0.4 is 5.73 Å². The van der Waals surface area contributed by atoms with Crippen LogP contribution in [-0.4, -0.2) is 41.8 Å². The van der Waals surface area contributed by atoms with Crippen LogP contribution >= 0.6 is 0 Å². The van der Waals surface area contributed by atoms with Crippen LogP contribution in [0.2, 0.25) is 0 Å². The Morgan fingerprint density at radius 3 is 2.35 bits per heavy atom. The molecule has 0 amide bonds. The van der Waals surface area contributed by atoms with Crippen molar-refractivity contribution in [3.05, 3.63) is 0 Å². The Kier molecular flexibility index (Phi) is 5.49. The molecule has 0 aromatic carbocycles. The van der Waals surface area contributed by atoms with Crippen molar-refractivity contribution in [2.45, 2.75) is 70.8 Å². The van der Waals surface area contributed by atoms with Gasteiger partial charge in [-0.05, 0) is 63.1 Å². The maximum Gasteiger partial charge on any atom is 0.0797 e. The summed E-state index contributed by atoms with van der Waals surface area (Å²) in [6, 6.07) is 0. The molecule has 1 aliphatic carbocycles. The van der Waals surface area contributed by atoms with Crippen LogP contribution in [0.1, 0.15) is 65.2 Å². The predicted molar refractivity (Wildman–Crippen MR) is 84.7 cm³/mol. The second-order valence-corrected chi connectivity index (χ2v) is 7.23. The number of nitrogens with zero attached hydrogens (tertiary/aromatic N) is 1. The van der Waals surface area contributed by atoms with Gasteiger partial charge in [0.15, 0.2) is 0 Å². The molecule has 2 unspecified atom stereocenters. The quantitative estimate of drug-likeness (QED) is 0.787. The second kappa shape index (κ2) is 6.76. The van der Waals surface area contributed by atoms with Gasteiger partial charge in [-0.15, -0.1) is 0 Å². The summed E-state index contributed by atoms with van der Waals surface area (Å²) in [7, 11) is 0. The number of nitrogens with two attached hydrogens (primary N) is 1. The molecule has 2 rings (SSSR count). The Bertz CT molecular complexity index is 293. The van der Waals surface area contributed by atoms with Crippen LogP contribution in [0.3, 0.4) is 0 Å². The Hall–Kier alpha value is -0.120. The minimum Gasteiger partial charge on any atom is -0.388 e. The number of piperidine rings is 1. The highest BCUT2D eigenvalue weighted by Gasteiger charge is 2.40. The third-order valence-corrected chi connectivity index (χ3v) is 6.49. The molecular weight excluding hydrogens is 248 g/mol. The van der Waals surface area contributed by atoms with Gasteiger partial charge in [-0.3, -0.25) is 0 Å². The molecule has 118 valence electrons. The minimum absolute atomic E-state index is 0.427. The van der Waals surface area contributed by atoms with Gasteiger partial charge in [0.2, 0.25) is 0 Å². The number of aliphatic hydroxyl groups is 1. The highest BCUT2D eigenvalue weighted by atomic mass is 16.3. The summed E-state index contributed by atoms with van der Waals surface area (Å²) < 4.78 is 0. The third kappa shape index (κ3) is 3.37. The summed E-state index contributed by atoms with van der Waals surface area (Å²) in [5.41, 5.74) is 5.83. The van der Waals surface area contributed by atoms with Gasteiger partial charge < -0.3 is 15.7 Å². The van der Waals surface area contributed by atoms with Crippen molar-refractivity contribution >= 4 is 0 Å². The summed E-state index contributed by atoms with van der Waals surface area (Å²) in [6.45, 7) is 8.77. The van der Waals surface area contributed by atoms with Crippen LogP contribution in [-0.2, 0) is 0 Å². The average molecular weight is 282 g/mol. The molecular formula is C17H34N2O. The molecule has 0 radical (unpaired) electrons. The summed E-state index contributed by atoms with van der Waals surface area (Å²) in [5, 5.41) is 10.5. The van der Waals surface area contributed by atoms with E-state index in [9.17, 15) is 5.11 Å². The van der Waals surface area contributed by atoms with Gasteiger partial charge in [-0.2, -0.15) is 0 Å². The first kappa shape index (κ1) is 16.3. The molecule has 1 heterocycles. The zero-order chi connectivity index (χ0) is 14.6. The van der Waals surface area contributed by atoms with Crippen molar-refractivity contribution < 1.29 is 5.11 Å². The van der Waals surface area contributed by atoms with E-state index >= 15 is 0 Å². The van der Waals surface area contributed by atoms with Crippen LogP contribution in [0.5, 0.6) is 0 Å². The lowest BCUT2D eigenvalue weighted by atomic mass is 9.74. The number of hydrogen-bond donors (Lipinski definition) is 2. The van der Waals surface area contributed by atoms with Crippen molar-refractivity contribution in [3.8, 4) is 0 Å². The number of likely N-dealkylation sites (tertiary alicyclic amines) is 1. The second-order valence-electron chi connectivity index (χ2n) is 7.23. The molecule has 2 atom stereocenters. The predicted octanol–water partition coefficient (Wildman–Crippen LogP) is 2.77. The molecule has 2 fully saturated rings. The van der Waals surface area contributed by atoms with E-state index in [4.69, 9.17) is 5.73 Å². The van der Waals surface area contributed by atoms with Crippen molar-refractivity contribution in [2.24, 2.45) is 17.1 Å². The first-order valence-electron chi connectivity index (χ1n) is 8.72. The molecule has 20 heavy (non-hydrogen) atoms. The highest BCUT2D eigenvalue weighted by Crippen LogP contribution is 2.40. The lowest BCUT2D eigenvalue weighted by Gasteiger charge is -2.41. The molecule has 0 spiro atoms. The average Bonchev–Trinajstić information content (AvgIpc) is 2.87.